The maximum atomic E-state index is 13.4. The number of nitrogens with two attached hydrogens (primary N) is 1. The van der Waals surface area contributed by atoms with E-state index in [1.165, 1.54) is 18.2 Å². The average Bonchev–Trinajstić information content (AvgIpc) is 3.99. The van der Waals surface area contributed by atoms with E-state index >= 15 is 0 Å². The average molecular weight is 945 g/mol. The third kappa shape index (κ3) is 10.3. The molecule has 6 aromatic rings. The van der Waals surface area contributed by atoms with Crippen molar-refractivity contribution in [3.63, 3.8) is 0 Å². The number of rotatable bonds is 17. The van der Waals surface area contributed by atoms with Crippen molar-refractivity contribution < 1.29 is 24.0 Å². The Kier molecular flexibility index (Phi) is 13.6. The van der Waals surface area contributed by atoms with Crippen LogP contribution in [-0.2, 0) is 21.1 Å². The molecule has 0 aliphatic heterocycles. The van der Waals surface area contributed by atoms with Gasteiger partial charge in [0.25, 0.3) is 29.5 Å². The molecule has 17 nitrogen and oxygen atoms in total. The molecule has 2 aromatic carbocycles. The molecule has 0 radical (unpaired) electrons. The van der Waals surface area contributed by atoms with Crippen LogP contribution in [-0.4, -0.2) is 84.4 Å². The van der Waals surface area contributed by atoms with E-state index in [9.17, 15) is 24.0 Å². The lowest BCUT2D eigenvalue weighted by Crippen LogP contribution is -2.28. The number of carbonyl (C=O) groups is 5. The number of carbonyl (C=O) groups excluding carboxylic acids is 5. The molecule has 19 heteroatoms. The molecule has 0 fully saturated rings. The Morgan fingerprint density at radius 1 is 0.650 bits per heavy atom. The zero-order valence-corrected chi connectivity index (χ0v) is 36.2. The van der Waals surface area contributed by atoms with Gasteiger partial charge in [0.2, 0.25) is 0 Å². The molecule has 312 valence electrons. The summed E-state index contributed by atoms with van der Waals surface area (Å²) in [4.78, 5) is 70.8. The van der Waals surface area contributed by atoms with Crippen LogP contribution in [0.4, 0.5) is 28.4 Å². The number of amides is 5. The SMILES string of the molecule is Cn1cc(NC(=O)c2cc(NC(=O)c3cc(NC(=O)c4cc5cc(NC(=O)c6ccc(N(CCBr)CCBr)cc6)ccc5[nH]4)cn3C)cn2C)cc1C(=O)NCCC(=N)N. The first-order chi connectivity index (χ1) is 28.7. The van der Waals surface area contributed by atoms with E-state index in [0.29, 0.717) is 39.5 Å². The fourth-order valence-electron chi connectivity index (χ4n) is 6.50. The van der Waals surface area contributed by atoms with Gasteiger partial charge in [0, 0.05) is 104 Å². The van der Waals surface area contributed by atoms with Gasteiger partial charge in [0.15, 0.2) is 0 Å². The number of benzene rings is 2. The summed E-state index contributed by atoms with van der Waals surface area (Å²) in [6.07, 6.45) is 5.02. The molecule has 0 atom stereocenters. The van der Waals surface area contributed by atoms with Gasteiger partial charge in [-0.05, 0) is 66.7 Å². The first-order valence-corrected chi connectivity index (χ1v) is 20.9. The molecule has 0 aliphatic rings. The molecule has 0 unspecified atom stereocenters. The topological polar surface area (TPSA) is 229 Å². The highest BCUT2D eigenvalue weighted by Crippen LogP contribution is 2.24. The monoisotopic (exact) mass is 942 g/mol. The summed E-state index contributed by atoms with van der Waals surface area (Å²) < 4.78 is 4.70. The van der Waals surface area contributed by atoms with Gasteiger partial charge in [-0.25, -0.2) is 0 Å². The Balaban J connectivity index is 1.04. The summed E-state index contributed by atoms with van der Waals surface area (Å²) in [7, 11) is 5.00. The number of aromatic nitrogens is 4. The van der Waals surface area contributed by atoms with Crippen molar-refractivity contribution in [2.24, 2.45) is 26.9 Å². The fraction of sp³-hybridized carbons (Fsp3) is 0.220. The predicted octanol–water partition coefficient (Wildman–Crippen LogP) is 5.84. The number of amidine groups is 1. The third-order valence-corrected chi connectivity index (χ3v) is 10.2. The van der Waals surface area contributed by atoms with Crippen LogP contribution in [0.3, 0.4) is 0 Å². The van der Waals surface area contributed by atoms with E-state index in [1.807, 2.05) is 12.1 Å². The highest BCUT2D eigenvalue weighted by molar-refractivity contribution is 9.09. The van der Waals surface area contributed by atoms with Crippen molar-refractivity contribution in [2.75, 3.05) is 56.5 Å². The smallest absolute Gasteiger partial charge is 0.272 e. The van der Waals surface area contributed by atoms with E-state index in [2.05, 4.69) is 68.3 Å². The van der Waals surface area contributed by atoms with Crippen LogP contribution in [0.5, 0.6) is 0 Å². The molecule has 4 heterocycles. The molecular weight excluding hydrogens is 900 g/mol. The Morgan fingerprint density at radius 2 is 1.15 bits per heavy atom. The largest absolute Gasteiger partial charge is 0.388 e. The minimum atomic E-state index is -0.471. The molecule has 0 spiro atoms. The molecular formula is C41H44Br2N12O5. The highest BCUT2D eigenvalue weighted by atomic mass is 79.9. The van der Waals surface area contributed by atoms with Gasteiger partial charge in [-0.3, -0.25) is 29.4 Å². The minimum absolute atomic E-state index is 0.0360. The van der Waals surface area contributed by atoms with Crippen molar-refractivity contribution in [3.05, 3.63) is 114 Å². The van der Waals surface area contributed by atoms with Crippen molar-refractivity contribution in [3.8, 4) is 0 Å². The van der Waals surface area contributed by atoms with Crippen LogP contribution in [0.1, 0.15) is 58.7 Å². The van der Waals surface area contributed by atoms with Crippen molar-refractivity contribution in [2.45, 2.75) is 6.42 Å². The van der Waals surface area contributed by atoms with E-state index in [0.717, 1.165) is 34.8 Å². The van der Waals surface area contributed by atoms with Crippen molar-refractivity contribution >= 4 is 107 Å². The summed E-state index contributed by atoms with van der Waals surface area (Å²) in [5, 5.41) is 23.7. The summed E-state index contributed by atoms with van der Waals surface area (Å²) in [5.41, 5.74) is 10.4. The second kappa shape index (κ2) is 19.0. The lowest BCUT2D eigenvalue weighted by molar-refractivity contribution is 0.0944. The zero-order valence-electron chi connectivity index (χ0n) is 33.0. The number of nitrogens with one attached hydrogen (secondary N) is 7. The maximum absolute atomic E-state index is 13.4. The molecule has 9 N–H and O–H groups in total. The van der Waals surface area contributed by atoms with E-state index in [-0.39, 0.29) is 47.7 Å². The molecule has 6 rings (SSSR count). The van der Waals surface area contributed by atoms with Gasteiger partial charge in [-0.2, -0.15) is 0 Å². The molecule has 0 aliphatic carbocycles. The van der Waals surface area contributed by atoms with Crippen LogP contribution < -0.4 is 37.2 Å². The Morgan fingerprint density at radius 3 is 1.67 bits per heavy atom. The Labute approximate surface area is 361 Å². The van der Waals surface area contributed by atoms with Crippen LogP contribution in [0.15, 0.2) is 85.3 Å². The van der Waals surface area contributed by atoms with Crippen molar-refractivity contribution in [1.29, 1.82) is 5.41 Å². The molecule has 5 amide bonds. The number of alkyl halides is 2. The van der Waals surface area contributed by atoms with Gasteiger partial charge in [-0.15, -0.1) is 0 Å². The van der Waals surface area contributed by atoms with Gasteiger partial charge in [-0.1, -0.05) is 31.9 Å². The number of aromatic amines is 1. The lowest BCUT2D eigenvalue weighted by Gasteiger charge is -2.23. The van der Waals surface area contributed by atoms with Gasteiger partial charge in [0.05, 0.1) is 22.9 Å². The van der Waals surface area contributed by atoms with Crippen LogP contribution in [0, 0.1) is 5.41 Å². The molecule has 0 saturated heterocycles. The summed E-state index contributed by atoms with van der Waals surface area (Å²) >= 11 is 6.98. The Hall–Kier alpha value is -6.60. The van der Waals surface area contributed by atoms with Gasteiger partial charge >= 0.3 is 0 Å². The van der Waals surface area contributed by atoms with E-state index in [4.69, 9.17) is 11.1 Å². The van der Waals surface area contributed by atoms with Gasteiger partial charge in [0.1, 0.15) is 22.8 Å². The third-order valence-electron chi connectivity index (χ3n) is 9.49. The molecule has 4 aromatic heterocycles. The number of H-pyrrole nitrogens is 1. The Bertz CT molecular complexity index is 2580. The summed E-state index contributed by atoms with van der Waals surface area (Å²) in [6, 6.07) is 19.1. The first-order valence-electron chi connectivity index (χ1n) is 18.7. The number of fused-ring (bicyclic) bond motifs is 1. The maximum Gasteiger partial charge on any atom is 0.272 e. The second-order valence-electron chi connectivity index (χ2n) is 13.9. The van der Waals surface area contributed by atoms with Crippen molar-refractivity contribution in [1.82, 2.24) is 24.0 Å². The predicted molar refractivity (Wildman–Crippen MR) is 241 cm³/mol. The quantitative estimate of drug-likeness (QED) is 0.0316. The molecule has 60 heavy (non-hydrogen) atoms. The van der Waals surface area contributed by atoms with E-state index in [1.54, 1.807) is 89.8 Å². The minimum Gasteiger partial charge on any atom is -0.388 e. The zero-order chi connectivity index (χ0) is 43.1. The van der Waals surface area contributed by atoms with Gasteiger partial charge < -0.3 is 55.9 Å². The fourth-order valence-corrected chi connectivity index (χ4v) is 7.36. The number of aryl methyl sites for hydroxylation is 3. The molecule has 0 saturated carbocycles. The highest BCUT2D eigenvalue weighted by Gasteiger charge is 2.20. The van der Waals surface area contributed by atoms with Crippen LogP contribution in [0.25, 0.3) is 10.9 Å². The van der Waals surface area contributed by atoms with Crippen LogP contribution in [0.2, 0.25) is 0 Å². The standard InChI is InChI=1S/C41H44Br2N12O5/c1-52-22-28(18-33(52)39(58)46-13-10-36(44)45)49-41(60)35-20-29(23-54(35)3)50-40(59)34-19-27(21-53(34)2)48-38(57)32-17-25-16-26(6-9-31(25)51-32)47-37(56)24-4-7-30(8-5-24)55(14-11-42)15-12-43/h4-9,16-23,51H,10-15H2,1-3H3,(H3,44,45)(H,46,58)(H,47,56)(H,48,57)(H,49,60)(H,50,59). The van der Waals surface area contributed by atoms with E-state index < -0.39 is 17.7 Å². The lowest BCUT2D eigenvalue weighted by atomic mass is 10.1. The number of hydrogen-bond acceptors (Lipinski definition) is 7. The summed E-state index contributed by atoms with van der Waals surface area (Å²) in [6.45, 7) is 1.89. The number of halogens is 2. The number of anilines is 5. The second-order valence-corrected chi connectivity index (χ2v) is 15.5. The normalized spacial score (nSPS) is 10.9. The number of hydrogen-bond donors (Lipinski definition) is 8. The summed E-state index contributed by atoms with van der Waals surface area (Å²) in [5.74, 6) is -2.03. The number of nitrogens with zero attached hydrogens (tertiary/aromatic N) is 4. The van der Waals surface area contributed by atoms with Crippen LogP contribution >= 0.6 is 31.9 Å². The molecule has 0 bridgehead atoms. The first kappa shape index (κ1) is 43.0.